The van der Waals surface area contributed by atoms with Crippen LogP contribution in [0.25, 0.3) is 0 Å². The Balaban J connectivity index is 2.06. The van der Waals surface area contributed by atoms with Gasteiger partial charge < -0.3 is 14.6 Å². The van der Waals surface area contributed by atoms with Crippen LogP contribution in [0.4, 0.5) is 4.79 Å². The van der Waals surface area contributed by atoms with Gasteiger partial charge in [0, 0.05) is 6.04 Å². The van der Waals surface area contributed by atoms with Crippen LogP contribution < -0.4 is 0 Å². The van der Waals surface area contributed by atoms with Gasteiger partial charge in [0.1, 0.15) is 6.61 Å². The van der Waals surface area contributed by atoms with E-state index in [-0.39, 0.29) is 12.6 Å². The summed E-state index contributed by atoms with van der Waals surface area (Å²) < 4.78 is 9.98. The van der Waals surface area contributed by atoms with E-state index in [0.29, 0.717) is 0 Å². The van der Waals surface area contributed by atoms with E-state index in [0.717, 1.165) is 18.4 Å². The lowest BCUT2D eigenvalue weighted by Gasteiger charge is -2.30. The Morgan fingerprint density at radius 3 is 2.45 bits per heavy atom. The van der Waals surface area contributed by atoms with Gasteiger partial charge in [-0.05, 0) is 25.3 Å². The summed E-state index contributed by atoms with van der Waals surface area (Å²) in [5.74, 6) is -0.640. The number of esters is 1. The highest BCUT2D eigenvalue weighted by atomic mass is 16.6. The second kappa shape index (κ2) is 7.26. The fourth-order valence-corrected chi connectivity index (χ4v) is 2.30. The third-order valence-corrected chi connectivity index (χ3v) is 3.56. The first-order valence-electron chi connectivity index (χ1n) is 7.29. The fourth-order valence-electron chi connectivity index (χ4n) is 2.30. The van der Waals surface area contributed by atoms with Crippen molar-refractivity contribution >= 4 is 12.1 Å². The van der Waals surface area contributed by atoms with E-state index in [4.69, 9.17) is 9.47 Å². The average molecular weight is 307 g/mol. The van der Waals surface area contributed by atoms with Gasteiger partial charge in [-0.25, -0.2) is 9.59 Å². The van der Waals surface area contributed by atoms with Gasteiger partial charge in [0.15, 0.2) is 6.04 Å². The Bertz CT molecular complexity index is 513. The zero-order valence-corrected chi connectivity index (χ0v) is 12.8. The maximum atomic E-state index is 12.3. The molecule has 2 atom stereocenters. The van der Waals surface area contributed by atoms with Crippen LogP contribution in [0.15, 0.2) is 30.3 Å². The van der Waals surface area contributed by atoms with E-state index < -0.39 is 24.2 Å². The van der Waals surface area contributed by atoms with Gasteiger partial charge in [-0.2, -0.15) is 0 Å². The number of rotatable bonds is 6. The number of carbonyl (C=O) groups excluding carboxylic acids is 2. The van der Waals surface area contributed by atoms with E-state index in [2.05, 4.69) is 0 Å². The standard InChI is InChI=1S/C16H21NO5/c1-11(18)14(15(19)21-2)17(13-8-9-13)16(20)22-10-12-6-4-3-5-7-12/h3-7,11,13-14,18H,8-10H2,1-2H3/t11-,14+/m1/s1. The monoisotopic (exact) mass is 307 g/mol. The van der Waals surface area contributed by atoms with E-state index in [9.17, 15) is 14.7 Å². The zero-order valence-electron chi connectivity index (χ0n) is 12.8. The van der Waals surface area contributed by atoms with Crippen molar-refractivity contribution in [2.75, 3.05) is 7.11 Å². The molecule has 0 aliphatic heterocycles. The van der Waals surface area contributed by atoms with E-state index in [1.54, 1.807) is 0 Å². The molecule has 6 heteroatoms. The largest absolute Gasteiger partial charge is 0.467 e. The molecule has 0 saturated heterocycles. The molecule has 1 amide bonds. The lowest BCUT2D eigenvalue weighted by Crippen LogP contribution is -2.52. The molecule has 1 N–H and O–H groups in total. The molecular formula is C16H21NO5. The van der Waals surface area contributed by atoms with Gasteiger partial charge in [-0.1, -0.05) is 30.3 Å². The summed E-state index contributed by atoms with van der Waals surface area (Å²) in [4.78, 5) is 25.5. The van der Waals surface area contributed by atoms with Crippen molar-refractivity contribution in [1.82, 2.24) is 4.90 Å². The van der Waals surface area contributed by atoms with E-state index in [1.807, 2.05) is 30.3 Å². The number of aliphatic hydroxyl groups excluding tert-OH is 1. The Labute approximate surface area is 129 Å². The van der Waals surface area contributed by atoms with E-state index >= 15 is 0 Å². The summed E-state index contributed by atoms with van der Waals surface area (Å²) in [5.41, 5.74) is 0.860. The highest BCUT2D eigenvalue weighted by Crippen LogP contribution is 2.31. The Hall–Kier alpha value is -2.08. The van der Waals surface area contributed by atoms with Crippen molar-refractivity contribution in [1.29, 1.82) is 0 Å². The van der Waals surface area contributed by atoms with Crippen molar-refractivity contribution in [2.45, 2.75) is 44.6 Å². The fraction of sp³-hybridized carbons (Fsp3) is 0.500. The Morgan fingerprint density at radius 2 is 1.95 bits per heavy atom. The topological polar surface area (TPSA) is 76.1 Å². The minimum atomic E-state index is -1.04. The summed E-state index contributed by atoms with van der Waals surface area (Å²) in [6.07, 6.45) is -0.0543. The second-order valence-corrected chi connectivity index (χ2v) is 5.39. The molecule has 1 aliphatic rings. The van der Waals surface area contributed by atoms with Gasteiger partial charge in [0.2, 0.25) is 0 Å². The van der Waals surface area contributed by atoms with Crippen LogP contribution in [0.2, 0.25) is 0 Å². The Kier molecular flexibility index (Phi) is 5.38. The quantitative estimate of drug-likeness (QED) is 0.810. The van der Waals surface area contributed by atoms with Crippen molar-refractivity contribution in [3.05, 3.63) is 35.9 Å². The summed E-state index contributed by atoms with van der Waals surface area (Å²) in [5, 5.41) is 9.84. The molecule has 0 aromatic heterocycles. The number of carbonyl (C=O) groups is 2. The summed E-state index contributed by atoms with van der Waals surface area (Å²) in [6, 6.07) is 8.16. The smallest absolute Gasteiger partial charge is 0.411 e. The normalized spacial score (nSPS) is 16.5. The van der Waals surface area contributed by atoms with Crippen LogP contribution in [0.3, 0.4) is 0 Å². The molecule has 1 aromatic rings. The van der Waals surface area contributed by atoms with Crippen LogP contribution in [0.5, 0.6) is 0 Å². The number of nitrogens with zero attached hydrogens (tertiary/aromatic N) is 1. The van der Waals surface area contributed by atoms with Crippen molar-refractivity contribution in [2.24, 2.45) is 0 Å². The van der Waals surface area contributed by atoms with Gasteiger partial charge in [-0.15, -0.1) is 0 Å². The van der Waals surface area contributed by atoms with Gasteiger partial charge in [0.25, 0.3) is 0 Å². The lowest BCUT2D eigenvalue weighted by atomic mass is 10.1. The summed E-state index contributed by atoms with van der Waals surface area (Å²) >= 11 is 0. The molecular weight excluding hydrogens is 286 g/mol. The first-order valence-corrected chi connectivity index (χ1v) is 7.29. The number of methoxy groups -OCH3 is 1. The second-order valence-electron chi connectivity index (χ2n) is 5.39. The molecule has 2 rings (SSSR count). The van der Waals surface area contributed by atoms with Crippen LogP contribution in [-0.4, -0.2) is 47.4 Å². The number of hydrogen-bond donors (Lipinski definition) is 1. The maximum Gasteiger partial charge on any atom is 0.411 e. The first kappa shape index (κ1) is 16.3. The number of hydrogen-bond acceptors (Lipinski definition) is 5. The predicted octanol–water partition coefficient (Wildman–Crippen LogP) is 1.71. The SMILES string of the molecule is COC(=O)[C@H]([C@@H](C)O)N(C(=O)OCc1ccccc1)C1CC1. The maximum absolute atomic E-state index is 12.3. The third kappa shape index (κ3) is 3.98. The molecule has 22 heavy (non-hydrogen) atoms. The van der Waals surface area contributed by atoms with Gasteiger partial charge in [-0.3, -0.25) is 4.90 Å². The summed E-state index contributed by atoms with van der Waals surface area (Å²) in [7, 11) is 1.23. The number of amides is 1. The third-order valence-electron chi connectivity index (χ3n) is 3.56. The predicted molar refractivity (Wildman–Crippen MR) is 79.0 cm³/mol. The zero-order chi connectivity index (χ0) is 16.1. The molecule has 1 aromatic carbocycles. The van der Waals surface area contributed by atoms with Crippen LogP contribution in [0, 0.1) is 0 Å². The molecule has 0 heterocycles. The average Bonchev–Trinajstić information content (AvgIpc) is 3.34. The number of benzene rings is 1. The minimum absolute atomic E-state index is 0.0815. The molecule has 0 unspecified atom stereocenters. The lowest BCUT2D eigenvalue weighted by molar-refractivity contribution is -0.150. The van der Waals surface area contributed by atoms with Crippen molar-refractivity contribution in [3.8, 4) is 0 Å². The van der Waals surface area contributed by atoms with Gasteiger partial charge >= 0.3 is 12.1 Å². The molecule has 1 fully saturated rings. The van der Waals surface area contributed by atoms with Crippen LogP contribution >= 0.6 is 0 Å². The molecule has 1 aliphatic carbocycles. The minimum Gasteiger partial charge on any atom is -0.467 e. The molecule has 0 radical (unpaired) electrons. The van der Waals surface area contributed by atoms with Crippen LogP contribution in [-0.2, 0) is 20.9 Å². The molecule has 1 saturated carbocycles. The van der Waals surface area contributed by atoms with Crippen molar-refractivity contribution in [3.63, 3.8) is 0 Å². The Morgan fingerprint density at radius 1 is 1.32 bits per heavy atom. The molecule has 120 valence electrons. The molecule has 0 bridgehead atoms. The summed E-state index contributed by atoms with van der Waals surface area (Å²) in [6.45, 7) is 1.58. The van der Waals surface area contributed by atoms with Crippen molar-refractivity contribution < 1.29 is 24.2 Å². The van der Waals surface area contributed by atoms with Crippen LogP contribution in [0.1, 0.15) is 25.3 Å². The number of ether oxygens (including phenoxy) is 2. The first-order chi connectivity index (χ1) is 10.5. The highest BCUT2D eigenvalue weighted by molar-refractivity contribution is 5.82. The van der Waals surface area contributed by atoms with E-state index in [1.165, 1.54) is 18.9 Å². The van der Waals surface area contributed by atoms with Gasteiger partial charge in [0.05, 0.1) is 13.2 Å². The molecule has 6 nitrogen and oxygen atoms in total. The molecule has 0 spiro atoms. The highest BCUT2D eigenvalue weighted by Gasteiger charge is 2.44. The number of aliphatic hydroxyl groups is 1.